The predicted octanol–water partition coefficient (Wildman–Crippen LogP) is 4.73. The normalized spacial score (nSPS) is 22.8. The third kappa shape index (κ3) is 5.06. The van der Waals surface area contributed by atoms with Crippen molar-refractivity contribution in [2.24, 2.45) is 5.92 Å². The molecule has 2 aromatic heterocycles. The molecule has 2 amide bonds. The van der Waals surface area contributed by atoms with Gasteiger partial charge < -0.3 is 14.9 Å². The monoisotopic (exact) mass is 575 g/mol. The highest BCUT2D eigenvalue weighted by Crippen LogP contribution is 2.49. The van der Waals surface area contributed by atoms with E-state index in [0.717, 1.165) is 11.1 Å². The van der Waals surface area contributed by atoms with E-state index in [0.29, 0.717) is 16.9 Å². The number of alkyl halides is 3. The lowest BCUT2D eigenvalue weighted by Crippen LogP contribution is -2.65. The van der Waals surface area contributed by atoms with Gasteiger partial charge in [-0.25, -0.2) is 13.9 Å². The molecule has 0 spiro atoms. The van der Waals surface area contributed by atoms with Gasteiger partial charge in [0.15, 0.2) is 11.2 Å². The second kappa shape index (κ2) is 9.78. The maximum Gasteiger partial charge on any atom is 0.417 e. The molecule has 41 heavy (non-hydrogen) atoms. The number of imidazole rings is 1. The summed E-state index contributed by atoms with van der Waals surface area (Å²) in [5, 5.41) is 14.4. The SMILES string of the molecule is Cc1cc(-c2cc(C(C)C)c3nc(C(=O)N4CCN(C(=O)[C@H]5C[C@](O)(C(F)(F)F)C5)CC4(C)C)cn3n2)ccc1F. The zero-order valence-corrected chi connectivity index (χ0v) is 23.6. The second-order valence-corrected chi connectivity index (χ2v) is 12.2. The maximum absolute atomic E-state index is 13.9. The molecule has 3 aromatic rings. The average molecular weight is 576 g/mol. The van der Waals surface area contributed by atoms with Crippen molar-refractivity contribution < 1.29 is 32.3 Å². The molecule has 2 fully saturated rings. The Morgan fingerprint density at radius 3 is 2.39 bits per heavy atom. The van der Waals surface area contributed by atoms with Gasteiger partial charge in [0.2, 0.25) is 5.91 Å². The standard InChI is InChI=1S/C29H33F4N5O3/c1-16(2)20-11-22(18-6-7-21(30)17(3)10-18)35-38-14-23(34-24(20)38)26(40)37-9-8-36(15-27(37,4)5)25(39)19-12-28(41,13-19)29(31,32)33/h6-7,10-11,14,16,19,41H,8-9,12-13,15H2,1-5H3/t19-,28+. The van der Waals surface area contributed by atoms with E-state index in [1.54, 1.807) is 48.5 Å². The van der Waals surface area contributed by atoms with Gasteiger partial charge in [-0.05, 0) is 69.4 Å². The molecule has 1 aromatic carbocycles. The van der Waals surface area contributed by atoms with Crippen LogP contribution in [0.2, 0.25) is 0 Å². The number of amides is 2. The number of carbonyl (C=O) groups excluding carboxylic acids is 2. The third-order valence-electron chi connectivity index (χ3n) is 8.25. The molecule has 1 aliphatic carbocycles. The number of carbonyl (C=O) groups is 2. The molecule has 5 rings (SSSR count). The van der Waals surface area contributed by atoms with Crippen molar-refractivity contribution in [2.45, 2.75) is 70.7 Å². The van der Waals surface area contributed by atoms with Crippen LogP contribution >= 0.6 is 0 Å². The van der Waals surface area contributed by atoms with Crippen molar-refractivity contribution in [1.29, 1.82) is 0 Å². The molecule has 3 heterocycles. The highest BCUT2D eigenvalue weighted by molar-refractivity contribution is 5.94. The largest absolute Gasteiger partial charge is 0.417 e. The minimum Gasteiger partial charge on any atom is -0.380 e. The smallest absolute Gasteiger partial charge is 0.380 e. The van der Waals surface area contributed by atoms with Gasteiger partial charge in [-0.1, -0.05) is 13.8 Å². The summed E-state index contributed by atoms with van der Waals surface area (Å²) in [6.45, 7) is 9.73. The van der Waals surface area contributed by atoms with Gasteiger partial charge in [0.1, 0.15) is 11.5 Å². The summed E-state index contributed by atoms with van der Waals surface area (Å²) < 4.78 is 54.5. The van der Waals surface area contributed by atoms with Crippen LogP contribution in [0.5, 0.6) is 0 Å². The van der Waals surface area contributed by atoms with Crippen molar-refractivity contribution in [3.05, 3.63) is 53.1 Å². The van der Waals surface area contributed by atoms with Crippen LogP contribution in [0.3, 0.4) is 0 Å². The highest BCUT2D eigenvalue weighted by Gasteiger charge is 2.63. The van der Waals surface area contributed by atoms with Gasteiger partial charge in [-0.2, -0.15) is 18.3 Å². The Kier molecular flexibility index (Phi) is 6.91. The molecule has 2 aliphatic rings. The maximum atomic E-state index is 13.9. The first-order valence-electron chi connectivity index (χ1n) is 13.6. The Balaban J connectivity index is 1.37. The zero-order valence-electron chi connectivity index (χ0n) is 23.6. The summed E-state index contributed by atoms with van der Waals surface area (Å²) in [6.07, 6.45) is -4.52. The van der Waals surface area contributed by atoms with Gasteiger partial charge in [-0.15, -0.1) is 0 Å². The fraction of sp³-hybridized carbons (Fsp3) is 0.517. The Labute approximate surface area is 235 Å². The summed E-state index contributed by atoms with van der Waals surface area (Å²) in [5.74, 6) is -1.96. The van der Waals surface area contributed by atoms with Gasteiger partial charge in [0, 0.05) is 36.7 Å². The van der Waals surface area contributed by atoms with Crippen molar-refractivity contribution >= 4 is 17.5 Å². The van der Waals surface area contributed by atoms with E-state index in [9.17, 15) is 32.3 Å². The quantitative estimate of drug-likeness (QED) is 0.454. The topological polar surface area (TPSA) is 91.0 Å². The van der Waals surface area contributed by atoms with E-state index in [1.165, 1.54) is 11.0 Å². The van der Waals surface area contributed by atoms with E-state index in [2.05, 4.69) is 10.1 Å². The minimum atomic E-state index is -4.77. The predicted molar refractivity (Wildman–Crippen MR) is 143 cm³/mol. The number of aromatic nitrogens is 3. The van der Waals surface area contributed by atoms with Crippen LogP contribution in [0, 0.1) is 18.7 Å². The molecule has 0 bridgehead atoms. The molecule has 12 heteroatoms. The molecular formula is C29H33F4N5O3. The molecule has 220 valence electrons. The number of nitrogens with zero attached hydrogens (tertiary/aromatic N) is 5. The molecule has 1 saturated heterocycles. The number of halogens is 4. The van der Waals surface area contributed by atoms with Crippen LogP contribution in [0.4, 0.5) is 17.6 Å². The number of fused-ring (bicyclic) bond motifs is 1. The molecule has 0 radical (unpaired) electrons. The van der Waals surface area contributed by atoms with Crippen molar-refractivity contribution in [1.82, 2.24) is 24.4 Å². The van der Waals surface area contributed by atoms with Crippen molar-refractivity contribution in [3.63, 3.8) is 0 Å². The Hall–Kier alpha value is -3.54. The first-order valence-corrected chi connectivity index (χ1v) is 13.6. The van der Waals surface area contributed by atoms with Crippen LogP contribution < -0.4 is 0 Å². The summed E-state index contributed by atoms with van der Waals surface area (Å²) in [7, 11) is 0. The van der Waals surface area contributed by atoms with Crippen LogP contribution in [0.25, 0.3) is 16.9 Å². The van der Waals surface area contributed by atoms with E-state index < -0.39 is 42.0 Å². The Morgan fingerprint density at radius 2 is 1.80 bits per heavy atom. The van der Waals surface area contributed by atoms with E-state index >= 15 is 0 Å². The Bertz CT molecular complexity index is 1520. The molecule has 0 atom stereocenters. The van der Waals surface area contributed by atoms with Crippen molar-refractivity contribution in [2.75, 3.05) is 19.6 Å². The van der Waals surface area contributed by atoms with Gasteiger partial charge in [0.05, 0.1) is 17.4 Å². The minimum absolute atomic E-state index is 0.0543. The summed E-state index contributed by atoms with van der Waals surface area (Å²) in [6, 6.07) is 6.65. The molecule has 0 unspecified atom stereocenters. The second-order valence-electron chi connectivity index (χ2n) is 12.2. The number of aryl methyl sites for hydroxylation is 1. The molecular weight excluding hydrogens is 542 g/mol. The zero-order chi connectivity index (χ0) is 30.1. The highest BCUT2D eigenvalue weighted by atomic mass is 19.4. The number of benzene rings is 1. The van der Waals surface area contributed by atoms with Gasteiger partial charge in [0.25, 0.3) is 5.91 Å². The lowest BCUT2D eigenvalue weighted by atomic mass is 9.69. The lowest BCUT2D eigenvalue weighted by molar-refractivity contribution is -0.297. The van der Waals surface area contributed by atoms with Crippen molar-refractivity contribution in [3.8, 4) is 11.3 Å². The summed E-state index contributed by atoms with van der Waals surface area (Å²) in [5.41, 5.74) is -0.236. The number of hydrogen-bond donors (Lipinski definition) is 1. The molecule has 8 nitrogen and oxygen atoms in total. The lowest BCUT2D eigenvalue weighted by Gasteiger charge is -2.50. The number of aliphatic hydroxyl groups is 1. The van der Waals surface area contributed by atoms with Crippen LogP contribution in [-0.2, 0) is 4.79 Å². The van der Waals surface area contributed by atoms with E-state index in [1.807, 2.05) is 19.9 Å². The summed E-state index contributed by atoms with van der Waals surface area (Å²) >= 11 is 0. The number of rotatable bonds is 4. The molecule has 1 N–H and O–H groups in total. The first-order chi connectivity index (χ1) is 19.0. The van der Waals surface area contributed by atoms with Crippen LogP contribution in [0.15, 0.2) is 30.5 Å². The van der Waals surface area contributed by atoms with Crippen LogP contribution in [-0.4, -0.2) is 78.3 Å². The average Bonchev–Trinajstić information content (AvgIpc) is 3.30. The number of hydrogen-bond acceptors (Lipinski definition) is 5. The molecule has 1 saturated carbocycles. The summed E-state index contributed by atoms with van der Waals surface area (Å²) in [4.78, 5) is 34.3. The molecule has 1 aliphatic heterocycles. The van der Waals surface area contributed by atoms with Gasteiger partial charge >= 0.3 is 6.18 Å². The third-order valence-corrected chi connectivity index (χ3v) is 8.25. The number of piperazine rings is 1. The fourth-order valence-electron chi connectivity index (χ4n) is 5.75. The first kappa shape index (κ1) is 29.0. The Morgan fingerprint density at radius 1 is 1.12 bits per heavy atom. The fourth-order valence-corrected chi connectivity index (χ4v) is 5.75. The van der Waals surface area contributed by atoms with E-state index in [-0.39, 0.29) is 43.0 Å². The van der Waals surface area contributed by atoms with E-state index in [4.69, 9.17) is 0 Å². The van der Waals surface area contributed by atoms with Crippen LogP contribution in [0.1, 0.15) is 68.1 Å². The van der Waals surface area contributed by atoms with Gasteiger partial charge in [-0.3, -0.25) is 9.59 Å².